The van der Waals surface area contributed by atoms with Crippen LogP contribution in [0.1, 0.15) is 17.4 Å². The molecule has 1 aliphatic rings. The highest BCUT2D eigenvalue weighted by Crippen LogP contribution is 2.25. The quantitative estimate of drug-likeness (QED) is 0.594. The van der Waals surface area contributed by atoms with Gasteiger partial charge in [0.25, 0.3) is 0 Å². The number of morpholine rings is 1. The van der Waals surface area contributed by atoms with Crippen molar-refractivity contribution in [2.45, 2.75) is 12.6 Å². The van der Waals surface area contributed by atoms with E-state index < -0.39 is 0 Å². The molecule has 1 saturated heterocycles. The van der Waals surface area contributed by atoms with E-state index in [9.17, 15) is 0 Å². The van der Waals surface area contributed by atoms with Crippen molar-refractivity contribution < 1.29 is 4.74 Å². The van der Waals surface area contributed by atoms with Gasteiger partial charge in [-0.1, -0.05) is 18.2 Å². The van der Waals surface area contributed by atoms with Crippen LogP contribution in [0.15, 0.2) is 67.1 Å². The number of nitrogens with zero attached hydrogens (tertiary/aromatic N) is 4. The number of H-pyrrole nitrogens is 1. The molecule has 0 amide bonds. The molecule has 6 heteroatoms. The molecule has 1 atom stereocenters. The topological polar surface area (TPSA) is 66.9 Å². The van der Waals surface area contributed by atoms with Crippen molar-refractivity contribution in [3.8, 4) is 11.3 Å². The van der Waals surface area contributed by atoms with Gasteiger partial charge in [0.05, 0.1) is 23.5 Å². The van der Waals surface area contributed by atoms with Crippen LogP contribution in [0, 0.1) is 0 Å². The largest absolute Gasteiger partial charge is 0.369 e. The van der Waals surface area contributed by atoms with Crippen molar-refractivity contribution in [2.24, 2.45) is 0 Å². The number of ether oxygens (including phenoxy) is 1. The van der Waals surface area contributed by atoms with E-state index >= 15 is 0 Å². The molecule has 1 aliphatic heterocycles. The van der Waals surface area contributed by atoms with Crippen LogP contribution >= 0.6 is 0 Å². The predicted octanol–water partition coefficient (Wildman–Crippen LogP) is 3.59. The third-order valence-corrected chi connectivity index (χ3v) is 5.21. The molecule has 3 aromatic heterocycles. The summed E-state index contributed by atoms with van der Waals surface area (Å²) in [6, 6.07) is 16.5. The predicted molar refractivity (Wildman–Crippen MR) is 108 cm³/mol. The summed E-state index contributed by atoms with van der Waals surface area (Å²) in [6.07, 6.45) is 5.45. The van der Waals surface area contributed by atoms with Gasteiger partial charge in [0, 0.05) is 49.2 Å². The van der Waals surface area contributed by atoms with Crippen molar-refractivity contribution in [1.82, 2.24) is 25.1 Å². The van der Waals surface area contributed by atoms with Crippen LogP contribution in [-0.2, 0) is 11.3 Å². The molecule has 4 heterocycles. The Labute approximate surface area is 163 Å². The summed E-state index contributed by atoms with van der Waals surface area (Å²) in [5, 5.41) is 8.18. The van der Waals surface area contributed by atoms with Crippen molar-refractivity contribution >= 4 is 10.9 Å². The smallest absolute Gasteiger partial charge is 0.112 e. The number of hydrogen-bond acceptors (Lipinski definition) is 5. The van der Waals surface area contributed by atoms with E-state index in [0.717, 1.165) is 42.1 Å². The molecule has 140 valence electrons. The molecule has 4 aromatic rings. The minimum absolute atomic E-state index is 0.0160. The maximum atomic E-state index is 6.01. The van der Waals surface area contributed by atoms with Crippen LogP contribution in [0.25, 0.3) is 22.2 Å². The van der Waals surface area contributed by atoms with Crippen LogP contribution in [0.5, 0.6) is 0 Å². The van der Waals surface area contributed by atoms with Gasteiger partial charge in [-0.05, 0) is 35.9 Å². The number of nitrogens with one attached hydrogen (secondary N) is 1. The third-order valence-electron chi connectivity index (χ3n) is 5.21. The number of rotatable bonds is 4. The van der Waals surface area contributed by atoms with E-state index in [2.05, 4.69) is 55.4 Å². The SMILES string of the molecule is c1cc(CN2CCOC(c3ccc(-c4ccn[nH]4)cn3)C2)c2cccnc2c1. The summed E-state index contributed by atoms with van der Waals surface area (Å²) in [5.74, 6) is 0. The fourth-order valence-corrected chi connectivity index (χ4v) is 3.74. The zero-order valence-corrected chi connectivity index (χ0v) is 15.5. The van der Waals surface area contributed by atoms with Crippen LogP contribution in [0.2, 0.25) is 0 Å². The Kier molecular flexibility index (Phi) is 4.56. The molecule has 28 heavy (non-hydrogen) atoms. The Morgan fingerprint density at radius 2 is 2.04 bits per heavy atom. The van der Waals surface area contributed by atoms with Crippen LogP contribution in [0.4, 0.5) is 0 Å². The van der Waals surface area contributed by atoms with E-state index in [0.29, 0.717) is 6.61 Å². The number of aromatic nitrogens is 4. The molecule has 0 aliphatic carbocycles. The third kappa shape index (κ3) is 3.40. The monoisotopic (exact) mass is 371 g/mol. The first kappa shape index (κ1) is 17.0. The van der Waals surface area contributed by atoms with Crippen LogP contribution in [-0.4, -0.2) is 44.8 Å². The molecule has 0 radical (unpaired) electrons. The molecular formula is C22H21N5O. The maximum Gasteiger partial charge on any atom is 0.112 e. The maximum absolute atomic E-state index is 6.01. The van der Waals surface area contributed by atoms with Crippen molar-refractivity contribution in [3.05, 3.63) is 78.4 Å². The highest BCUT2D eigenvalue weighted by molar-refractivity contribution is 5.81. The van der Waals surface area contributed by atoms with Gasteiger partial charge in [-0.15, -0.1) is 0 Å². The molecule has 0 spiro atoms. The Hall–Kier alpha value is -3.09. The molecule has 1 N–H and O–H groups in total. The van der Waals surface area contributed by atoms with E-state index in [1.807, 2.05) is 30.6 Å². The standard InChI is InChI=1S/C22H21N5O/c1-3-17(18-4-2-9-23-20(18)5-1)14-27-11-12-28-22(15-27)21-7-6-16(13-24-21)19-8-10-25-26-19/h1-10,13,22H,11-12,14-15H2,(H,25,26). The first-order valence-electron chi connectivity index (χ1n) is 9.49. The minimum Gasteiger partial charge on any atom is -0.369 e. The minimum atomic E-state index is -0.0160. The zero-order chi connectivity index (χ0) is 18.8. The van der Waals surface area contributed by atoms with Crippen molar-refractivity contribution in [2.75, 3.05) is 19.7 Å². The molecule has 0 saturated carbocycles. The highest BCUT2D eigenvalue weighted by atomic mass is 16.5. The Bertz CT molecular complexity index is 1060. The number of fused-ring (bicyclic) bond motifs is 1. The second-order valence-corrected chi connectivity index (χ2v) is 7.02. The molecule has 1 fully saturated rings. The molecule has 5 rings (SSSR count). The van der Waals surface area contributed by atoms with Crippen molar-refractivity contribution in [1.29, 1.82) is 0 Å². The van der Waals surface area contributed by atoms with Crippen LogP contribution < -0.4 is 0 Å². The summed E-state index contributed by atoms with van der Waals surface area (Å²) in [5.41, 5.74) is 5.30. The molecule has 6 nitrogen and oxygen atoms in total. The summed E-state index contributed by atoms with van der Waals surface area (Å²) < 4.78 is 6.01. The average Bonchev–Trinajstić information content (AvgIpc) is 3.29. The van der Waals surface area contributed by atoms with E-state index in [4.69, 9.17) is 4.74 Å². The second-order valence-electron chi connectivity index (χ2n) is 7.02. The van der Waals surface area contributed by atoms with Gasteiger partial charge < -0.3 is 4.74 Å². The fourth-order valence-electron chi connectivity index (χ4n) is 3.74. The van der Waals surface area contributed by atoms with Gasteiger partial charge in [0.15, 0.2) is 0 Å². The summed E-state index contributed by atoms with van der Waals surface area (Å²) in [6.45, 7) is 3.33. The van der Waals surface area contributed by atoms with Crippen molar-refractivity contribution in [3.63, 3.8) is 0 Å². The molecular weight excluding hydrogens is 350 g/mol. The lowest BCUT2D eigenvalue weighted by Crippen LogP contribution is -2.38. The van der Waals surface area contributed by atoms with E-state index in [-0.39, 0.29) is 6.10 Å². The Balaban J connectivity index is 1.32. The normalized spacial score (nSPS) is 17.8. The number of benzene rings is 1. The summed E-state index contributed by atoms with van der Waals surface area (Å²) in [7, 11) is 0. The highest BCUT2D eigenvalue weighted by Gasteiger charge is 2.23. The van der Waals surface area contributed by atoms with Gasteiger partial charge >= 0.3 is 0 Å². The number of hydrogen-bond donors (Lipinski definition) is 1. The number of aromatic amines is 1. The van der Waals surface area contributed by atoms with Gasteiger partial charge in [-0.25, -0.2) is 0 Å². The Morgan fingerprint density at radius 1 is 1.04 bits per heavy atom. The number of pyridine rings is 2. The van der Waals surface area contributed by atoms with Gasteiger partial charge in [-0.2, -0.15) is 5.10 Å². The van der Waals surface area contributed by atoms with Crippen LogP contribution in [0.3, 0.4) is 0 Å². The second kappa shape index (κ2) is 7.50. The summed E-state index contributed by atoms with van der Waals surface area (Å²) >= 11 is 0. The Morgan fingerprint density at radius 3 is 2.89 bits per heavy atom. The lowest BCUT2D eigenvalue weighted by Gasteiger charge is -2.33. The van der Waals surface area contributed by atoms with Gasteiger partial charge in [0.2, 0.25) is 0 Å². The van der Waals surface area contributed by atoms with Gasteiger partial charge in [0.1, 0.15) is 6.10 Å². The molecule has 0 bridgehead atoms. The van der Waals surface area contributed by atoms with E-state index in [1.54, 1.807) is 6.20 Å². The first-order chi connectivity index (χ1) is 13.9. The average molecular weight is 371 g/mol. The summed E-state index contributed by atoms with van der Waals surface area (Å²) in [4.78, 5) is 11.5. The lowest BCUT2D eigenvalue weighted by molar-refractivity contribution is -0.0348. The first-order valence-corrected chi connectivity index (χ1v) is 9.49. The molecule has 1 unspecified atom stereocenters. The lowest BCUT2D eigenvalue weighted by atomic mass is 10.1. The van der Waals surface area contributed by atoms with E-state index in [1.165, 1.54) is 10.9 Å². The zero-order valence-electron chi connectivity index (χ0n) is 15.5. The fraction of sp³-hybridized carbons (Fsp3) is 0.227. The van der Waals surface area contributed by atoms with Gasteiger partial charge in [-0.3, -0.25) is 20.0 Å². The molecule has 1 aromatic carbocycles.